The van der Waals surface area contributed by atoms with E-state index in [0.29, 0.717) is 11.7 Å². The zero-order valence-corrected chi connectivity index (χ0v) is 6.75. The van der Waals surface area contributed by atoms with Crippen LogP contribution in [0.2, 0.25) is 0 Å². The van der Waals surface area contributed by atoms with E-state index in [9.17, 15) is 4.79 Å². The molecule has 0 bridgehead atoms. The van der Waals surface area contributed by atoms with Crippen LogP contribution in [0.1, 0.15) is 32.1 Å². The molecule has 0 aromatic rings. The maximum atomic E-state index is 11.4. The van der Waals surface area contributed by atoms with E-state index in [1.165, 1.54) is 19.3 Å². The van der Waals surface area contributed by atoms with E-state index in [-0.39, 0.29) is 0 Å². The monoisotopic (exact) mass is 150 g/mol. The number of hydrogen-bond donors (Lipinski definition) is 0. The number of hydrogen-bond acceptors (Lipinski definition) is 1. The van der Waals surface area contributed by atoms with Crippen molar-refractivity contribution < 1.29 is 4.79 Å². The summed E-state index contributed by atoms with van der Waals surface area (Å²) in [4.78, 5) is 11.4. The summed E-state index contributed by atoms with van der Waals surface area (Å²) in [5, 5.41) is 0. The lowest BCUT2D eigenvalue weighted by Crippen LogP contribution is -2.14. The fourth-order valence-corrected chi connectivity index (χ4v) is 2.39. The van der Waals surface area contributed by atoms with E-state index < -0.39 is 0 Å². The molecule has 2 rings (SSSR count). The van der Waals surface area contributed by atoms with Gasteiger partial charge >= 0.3 is 0 Å². The molecule has 0 N–H and O–H groups in total. The second-order valence-electron chi connectivity index (χ2n) is 3.68. The number of ketones is 1. The topological polar surface area (TPSA) is 17.1 Å². The molecule has 60 valence electrons. The van der Waals surface area contributed by atoms with Gasteiger partial charge < -0.3 is 0 Å². The summed E-state index contributed by atoms with van der Waals surface area (Å²) in [5.74, 6) is 1.51. The van der Waals surface area contributed by atoms with Crippen molar-refractivity contribution in [3.05, 3.63) is 12.2 Å². The Morgan fingerprint density at radius 1 is 1.27 bits per heavy atom. The molecule has 1 fully saturated rings. The molecular weight excluding hydrogens is 136 g/mol. The van der Waals surface area contributed by atoms with Gasteiger partial charge in [0.05, 0.1) is 0 Å². The molecule has 2 atom stereocenters. The van der Waals surface area contributed by atoms with Crippen LogP contribution in [0, 0.1) is 11.8 Å². The molecule has 2 aliphatic rings. The fraction of sp³-hybridized carbons (Fsp3) is 0.700. The molecular formula is C10H14O. The van der Waals surface area contributed by atoms with Gasteiger partial charge in [-0.25, -0.2) is 0 Å². The maximum Gasteiger partial charge on any atom is 0.158 e. The Balaban J connectivity index is 2.16. The van der Waals surface area contributed by atoms with Crippen molar-refractivity contribution in [3.8, 4) is 0 Å². The van der Waals surface area contributed by atoms with Crippen molar-refractivity contribution in [1.29, 1.82) is 0 Å². The minimum atomic E-state index is 0.394. The Hall–Kier alpha value is -0.590. The van der Waals surface area contributed by atoms with Crippen LogP contribution in [-0.2, 0) is 4.79 Å². The van der Waals surface area contributed by atoms with Crippen LogP contribution in [-0.4, -0.2) is 5.78 Å². The minimum Gasteiger partial charge on any atom is -0.295 e. The number of fused-ring (bicyclic) bond motifs is 1. The first-order chi connectivity index (χ1) is 5.38. The highest BCUT2D eigenvalue weighted by Crippen LogP contribution is 2.37. The standard InChI is InChI=1S/C10H14O/c11-10-7-2-1-4-8-5-3-6-9(8)10/h2,7-9H,1,3-6H2. The lowest BCUT2D eigenvalue weighted by Gasteiger charge is -2.12. The van der Waals surface area contributed by atoms with Crippen molar-refractivity contribution in [2.24, 2.45) is 11.8 Å². The fourth-order valence-electron chi connectivity index (χ4n) is 2.39. The summed E-state index contributed by atoms with van der Waals surface area (Å²) in [7, 11) is 0. The van der Waals surface area contributed by atoms with Gasteiger partial charge in [-0.05, 0) is 37.7 Å². The van der Waals surface area contributed by atoms with Crippen LogP contribution in [0.3, 0.4) is 0 Å². The maximum absolute atomic E-state index is 11.4. The summed E-state index contributed by atoms with van der Waals surface area (Å²) in [6, 6.07) is 0. The Bertz CT molecular complexity index is 193. The molecule has 2 unspecified atom stereocenters. The molecule has 0 radical (unpaired) electrons. The molecule has 0 saturated heterocycles. The van der Waals surface area contributed by atoms with Gasteiger partial charge in [-0.2, -0.15) is 0 Å². The average Bonchev–Trinajstić information content (AvgIpc) is 2.40. The zero-order valence-electron chi connectivity index (χ0n) is 6.75. The molecule has 11 heavy (non-hydrogen) atoms. The Kier molecular flexibility index (Phi) is 1.80. The third-order valence-electron chi connectivity index (χ3n) is 3.01. The van der Waals surface area contributed by atoms with Gasteiger partial charge in [-0.1, -0.05) is 12.5 Å². The Morgan fingerprint density at radius 3 is 3.09 bits per heavy atom. The van der Waals surface area contributed by atoms with Crippen molar-refractivity contribution in [2.75, 3.05) is 0 Å². The summed E-state index contributed by atoms with van der Waals surface area (Å²) in [6.07, 6.45) is 9.91. The van der Waals surface area contributed by atoms with E-state index in [0.717, 1.165) is 18.8 Å². The van der Waals surface area contributed by atoms with Gasteiger partial charge in [0.25, 0.3) is 0 Å². The molecule has 2 aliphatic carbocycles. The highest BCUT2D eigenvalue weighted by atomic mass is 16.1. The van der Waals surface area contributed by atoms with Gasteiger partial charge in [0.1, 0.15) is 0 Å². The van der Waals surface area contributed by atoms with Crippen molar-refractivity contribution in [2.45, 2.75) is 32.1 Å². The molecule has 0 aromatic carbocycles. The van der Waals surface area contributed by atoms with Crippen molar-refractivity contribution in [1.82, 2.24) is 0 Å². The second-order valence-corrected chi connectivity index (χ2v) is 3.68. The first kappa shape index (κ1) is 7.08. The molecule has 0 aliphatic heterocycles. The lowest BCUT2D eigenvalue weighted by molar-refractivity contribution is -0.119. The highest BCUT2D eigenvalue weighted by molar-refractivity contribution is 5.92. The number of rotatable bonds is 0. The first-order valence-corrected chi connectivity index (χ1v) is 4.58. The minimum absolute atomic E-state index is 0.394. The number of carbonyl (C=O) groups excluding carboxylic acids is 1. The molecule has 1 saturated carbocycles. The number of carbonyl (C=O) groups is 1. The van der Waals surface area contributed by atoms with Crippen LogP contribution in [0.4, 0.5) is 0 Å². The predicted molar refractivity (Wildman–Crippen MR) is 44.2 cm³/mol. The Labute approximate surface area is 67.5 Å². The molecule has 1 nitrogen and oxygen atoms in total. The van der Waals surface area contributed by atoms with Crippen LogP contribution < -0.4 is 0 Å². The van der Waals surface area contributed by atoms with Crippen LogP contribution in [0.25, 0.3) is 0 Å². The third-order valence-corrected chi connectivity index (χ3v) is 3.01. The third kappa shape index (κ3) is 1.24. The van der Waals surface area contributed by atoms with Crippen molar-refractivity contribution >= 4 is 5.78 Å². The molecule has 0 heterocycles. The molecule has 0 aromatic heterocycles. The van der Waals surface area contributed by atoms with E-state index in [1.54, 1.807) is 6.08 Å². The summed E-state index contributed by atoms with van der Waals surface area (Å²) in [5.41, 5.74) is 0. The highest BCUT2D eigenvalue weighted by Gasteiger charge is 2.31. The predicted octanol–water partition coefficient (Wildman–Crippen LogP) is 2.32. The van der Waals surface area contributed by atoms with E-state index in [4.69, 9.17) is 0 Å². The number of allylic oxidation sites excluding steroid dienone is 2. The van der Waals surface area contributed by atoms with Crippen LogP contribution >= 0.6 is 0 Å². The quantitative estimate of drug-likeness (QED) is 0.518. The van der Waals surface area contributed by atoms with Gasteiger partial charge in [0, 0.05) is 5.92 Å². The van der Waals surface area contributed by atoms with Gasteiger partial charge in [0.15, 0.2) is 5.78 Å². The summed E-state index contributed by atoms with van der Waals surface area (Å²) < 4.78 is 0. The second kappa shape index (κ2) is 2.80. The SMILES string of the molecule is O=C1C=CCCC2CCCC12. The van der Waals surface area contributed by atoms with Gasteiger partial charge in [-0.15, -0.1) is 0 Å². The molecule has 0 spiro atoms. The normalized spacial score (nSPS) is 36.9. The van der Waals surface area contributed by atoms with E-state index in [2.05, 4.69) is 0 Å². The van der Waals surface area contributed by atoms with E-state index in [1.807, 2.05) is 6.08 Å². The summed E-state index contributed by atoms with van der Waals surface area (Å²) >= 11 is 0. The Morgan fingerprint density at radius 2 is 2.18 bits per heavy atom. The van der Waals surface area contributed by atoms with Crippen LogP contribution in [0.15, 0.2) is 12.2 Å². The lowest BCUT2D eigenvalue weighted by atomic mass is 9.91. The van der Waals surface area contributed by atoms with Gasteiger partial charge in [0.2, 0.25) is 0 Å². The largest absolute Gasteiger partial charge is 0.295 e. The van der Waals surface area contributed by atoms with Crippen LogP contribution in [0.5, 0.6) is 0 Å². The van der Waals surface area contributed by atoms with Gasteiger partial charge in [-0.3, -0.25) is 4.79 Å². The first-order valence-electron chi connectivity index (χ1n) is 4.58. The summed E-state index contributed by atoms with van der Waals surface area (Å²) in [6.45, 7) is 0. The molecule has 0 amide bonds. The smallest absolute Gasteiger partial charge is 0.158 e. The zero-order chi connectivity index (χ0) is 7.68. The van der Waals surface area contributed by atoms with Crippen molar-refractivity contribution in [3.63, 3.8) is 0 Å². The average molecular weight is 150 g/mol. The van der Waals surface area contributed by atoms with E-state index >= 15 is 0 Å². The molecule has 1 heteroatoms.